The number of benzene rings is 3. The van der Waals surface area contributed by atoms with Crippen LogP contribution in [-0.2, 0) is 17.8 Å². The lowest BCUT2D eigenvalue weighted by atomic mass is 10.1. The zero-order valence-electron chi connectivity index (χ0n) is 18.7. The van der Waals surface area contributed by atoms with Crippen LogP contribution in [0.2, 0.25) is 0 Å². The van der Waals surface area contributed by atoms with Crippen LogP contribution in [0.4, 0.5) is 5.69 Å². The largest absolute Gasteiger partial charge is 0.495 e. The van der Waals surface area contributed by atoms with Gasteiger partial charge in [-0.25, -0.2) is 4.98 Å². The maximum Gasteiger partial charge on any atom is 0.251 e. The number of para-hydroxylation sites is 4. The summed E-state index contributed by atoms with van der Waals surface area (Å²) in [7, 11) is 1.57. The minimum absolute atomic E-state index is 0.0970. The number of imidazole rings is 1. The van der Waals surface area contributed by atoms with E-state index in [0.29, 0.717) is 30.0 Å². The van der Waals surface area contributed by atoms with Crippen LogP contribution in [0.25, 0.3) is 11.0 Å². The van der Waals surface area contributed by atoms with Gasteiger partial charge in [-0.05, 0) is 43.3 Å². The van der Waals surface area contributed by atoms with E-state index >= 15 is 0 Å². The van der Waals surface area contributed by atoms with Gasteiger partial charge in [-0.2, -0.15) is 0 Å². The number of aryl methyl sites for hydroxylation is 1. The molecule has 33 heavy (non-hydrogen) atoms. The van der Waals surface area contributed by atoms with Gasteiger partial charge in [0, 0.05) is 18.5 Å². The molecular weight excluding hydrogens is 416 g/mol. The molecule has 1 aromatic heterocycles. The molecule has 7 heteroatoms. The van der Waals surface area contributed by atoms with Crippen molar-refractivity contribution in [2.75, 3.05) is 19.0 Å². The third-order valence-corrected chi connectivity index (χ3v) is 5.36. The normalized spacial score (nSPS) is 10.7. The Bertz CT molecular complexity index is 1280. The Morgan fingerprint density at radius 3 is 2.48 bits per heavy atom. The van der Waals surface area contributed by atoms with Crippen molar-refractivity contribution >= 4 is 28.5 Å². The van der Waals surface area contributed by atoms with Gasteiger partial charge in [0.2, 0.25) is 5.91 Å². The summed E-state index contributed by atoms with van der Waals surface area (Å²) in [6.07, 6.45) is 0.494. The maximum atomic E-state index is 12.9. The number of amides is 2. The lowest BCUT2D eigenvalue weighted by molar-refractivity contribution is -0.116. The number of ether oxygens (including phenoxy) is 1. The van der Waals surface area contributed by atoms with E-state index in [1.54, 1.807) is 19.2 Å². The van der Waals surface area contributed by atoms with E-state index in [-0.39, 0.29) is 18.4 Å². The van der Waals surface area contributed by atoms with Gasteiger partial charge in [-0.3, -0.25) is 9.59 Å². The summed E-state index contributed by atoms with van der Waals surface area (Å²) in [4.78, 5) is 30.0. The molecule has 0 saturated heterocycles. The summed E-state index contributed by atoms with van der Waals surface area (Å²) in [5.74, 6) is 1.01. The predicted molar refractivity (Wildman–Crippen MR) is 129 cm³/mol. The first-order valence-electron chi connectivity index (χ1n) is 10.8. The number of nitrogens with zero attached hydrogens (tertiary/aromatic N) is 2. The third-order valence-electron chi connectivity index (χ3n) is 5.36. The summed E-state index contributed by atoms with van der Waals surface area (Å²) >= 11 is 0. The van der Waals surface area contributed by atoms with Gasteiger partial charge >= 0.3 is 0 Å². The van der Waals surface area contributed by atoms with Gasteiger partial charge in [-0.1, -0.05) is 42.0 Å². The molecule has 0 aliphatic rings. The van der Waals surface area contributed by atoms with Gasteiger partial charge in [-0.15, -0.1) is 0 Å². The van der Waals surface area contributed by atoms with Crippen molar-refractivity contribution in [3.05, 3.63) is 89.7 Å². The molecule has 0 bridgehead atoms. The molecule has 4 aromatic rings. The molecule has 1 heterocycles. The van der Waals surface area contributed by atoms with Crippen molar-refractivity contribution in [2.45, 2.75) is 19.9 Å². The standard InChI is InChI=1S/C26H26N4O3/c1-18-11-13-19(14-12-18)26(32)27-16-15-24-28-20-7-3-5-9-22(20)30(24)17-25(31)29-21-8-4-6-10-23(21)33-2/h3-14H,15-17H2,1-2H3,(H,27,32)(H,29,31). The number of nitrogens with one attached hydrogen (secondary N) is 2. The Labute approximate surface area is 192 Å². The lowest BCUT2D eigenvalue weighted by Gasteiger charge is -2.12. The quantitative estimate of drug-likeness (QED) is 0.433. The monoisotopic (exact) mass is 442 g/mol. The summed E-state index contributed by atoms with van der Waals surface area (Å²) in [5.41, 5.74) is 4.01. The molecule has 7 nitrogen and oxygen atoms in total. The number of methoxy groups -OCH3 is 1. The van der Waals surface area contributed by atoms with Crippen molar-refractivity contribution < 1.29 is 14.3 Å². The number of anilines is 1. The second-order valence-electron chi connectivity index (χ2n) is 7.72. The fourth-order valence-electron chi connectivity index (χ4n) is 3.67. The van der Waals surface area contributed by atoms with E-state index in [1.165, 1.54) is 0 Å². The van der Waals surface area contributed by atoms with E-state index < -0.39 is 0 Å². The average Bonchev–Trinajstić information content (AvgIpc) is 3.17. The topological polar surface area (TPSA) is 85.2 Å². The van der Waals surface area contributed by atoms with Crippen molar-refractivity contribution in [3.8, 4) is 5.75 Å². The van der Waals surface area contributed by atoms with Crippen molar-refractivity contribution in [2.24, 2.45) is 0 Å². The number of rotatable bonds is 8. The molecule has 0 radical (unpaired) electrons. The minimum atomic E-state index is -0.187. The number of carbonyl (C=O) groups is 2. The van der Waals surface area contributed by atoms with E-state index in [1.807, 2.05) is 72.2 Å². The predicted octanol–water partition coefficient (Wildman–Crippen LogP) is 3.96. The summed E-state index contributed by atoms with van der Waals surface area (Å²) in [5, 5.41) is 5.85. The number of hydrogen-bond donors (Lipinski definition) is 2. The Hall–Kier alpha value is -4.13. The first-order chi connectivity index (χ1) is 16.0. The first-order valence-corrected chi connectivity index (χ1v) is 10.8. The molecule has 2 amide bonds. The smallest absolute Gasteiger partial charge is 0.251 e. The number of fused-ring (bicyclic) bond motifs is 1. The zero-order valence-corrected chi connectivity index (χ0v) is 18.7. The number of aromatic nitrogens is 2. The highest BCUT2D eigenvalue weighted by Gasteiger charge is 2.15. The maximum absolute atomic E-state index is 12.9. The fourth-order valence-corrected chi connectivity index (χ4v) is 3.67. The summed E-state index contributed by atoms with van der Waals surface area (Å²) in [6.45, 7) is 2.49. The molecule has 2 N–H and O–H groups in total. The Kier molecular flexibility index (Phi) is 6.69. The summed E-state index contributed by atoms with van der Waals surface area (Å²) in [6, 6.07) is 22.4. The van der Waals surface area contributed by atoms with Crippen LogP contribution >= 0.6 is 0 Å². The van der Waals surface area contributed by atoms with Crippen LogP contribution in [0, 0.1) is 6.92 Å². The van der Waals surface area contributed by atoms with Crippen LogP contribution in [0.5, 0.6) is 5.75 Å². The molecule has 4 rings (SSSR count). The molecule has 0 atom stereocenters. The van der Waals surface area contributed by atoms with Gasteiger partial charge in [0.1, 0.15) is 18.1 Å². The Morgan fingerprint density at radius 2 is 1.70 bits per heavy atom. The van der Waals surface area contributed by atoms with E-state index in [2.05, 4.69) is 10.6 Å². The highest BCUT2D eigenvalue weighted by atomic mass is 16.5. The molecule has 0 unspecified atom stereocenters. The lowest BCUT2D eigenvalue weighted by Crippen LogP contribution is -2.27. The van der Waals surface area contributed by atoms with Crippen LogP contribution in [0.3, 0.4) is 0 Å². The molecular formula is C26H26N4O3. The van der Waals surface area contributed by atoms with E-state index in [9.17, 15) is 9.59 Å². The van der Waals surface area contributed by atoms with E-state index in [0.717, 1.165) is 22.4 Å². The van der Waals surface area contributed by atoms with Crippen molar-refractivity contribution in [3.63, 3.8) is 0 Å². The average molecular weight is 443 g/mol. The zero-order chi connectivity index (χ0) is 23.2. The minimum Gasteiger partial charge on any atom is -0.495 e. The molecule has 0 aliphatic carbocycles. The van der Waals surface area contributed by atoms with Gasteiger partial charge in [0.15, 0.2) is 0 Å². The van der Waals surface area contributed by atoms with Crippen molar-refractivity contribution in [1.82, 2.24) is 14.9 Å². The third kappa shape index (κ3) is 5.20. The van der Waals surface area contributed by atoms with Crippen LogP contribution in [0.1, 0.15) is 21.7 Å². The molecule has 0 aliphatic heterocycles. The SMILES string of the molecule is COc1ccccc1NC(=O)Cn1c(CCNC(=O)c2ccc(C)cc2)nc2ccccc21. The highest BCUT2D eigenvalue weighted by Crippen LogP contribution is 2.23. The highest BCUT2D eigenvalue weighted by molar-refractivity contribution is 5.94. The second kappa shape index (κ2) is 9.99. The van der Waals surface area contributed by atoms with Gasteiger partial charge in [0.05, 0.1) is 23.8 Å². The van der Waals surface area contributed by atoms with Gasteiger partial charge < -0.3 is 19.9 Å². The number of carbonyl (C=O) groups excluding carboxylic acids is 2. The van der Waals surface area contributed by atoms with Crippen LogP contribution in [0.15, 0.2) is 72.8 Å². The molecule has 0 spiro atoms. The van der Waals surface area contributed by atoms with E-state index in [4.69, 9.17) is 9.72 Å². The second-order valence-corrected chi connectivity index (χ2v) is 7.72. The van der Waals surface area contributed by atoms with Crippen LogP contribution in [-0.4, -0.2) is 35.0 Å². The molecule has 3 aromatic carbocycles. The van der Waals surface area contributed by atoms with Crippen LogP contribution < -0.4 is 15.4 Å². The number of hydrogen-bond acceptors (Lipinski definition) is 4. The molecule has 0 saturated carbocycles. The Morgan fingerprint density at radius 1 is 0.970 bits per heavy atom. The molecule has 0 fully saturated rings. The van der Waals surface area contributed by atoms with Crippen molar-refractivity contribution in [1.29, 1.82) is 0 Å². The Balaban J connectivity index is 1.48. The first kappa shape index (κ1) is 22.1. The molecule has 168 valence electrons. The van der Waals surface area contributed by atoms with Gasteiger partial charge in [0.25, 0.3) is 5.91 Å². The summed E-state index contributed by atoms with van der Waals surface area (Å²) < 4.78 is 7.21. The fraction of sp³-hybridized carbons (Fsp3) is 0.192.